The maximum Gasteiger partial charge on any atom is 0.414 e. The number of anilines is 2. The molecule has 35 heavy (non-hydrogen) atoms. The molecule has 1 saturated carbocycles. The Morgan fingerprint density at radius 1 is 1.23 bits per heavy atom. The highest BCUT2D eigenvalue weighted by molar-refractivity contribution is 5.90. The number of fused-ring (bicyclic) bond motifs is 1. The van der Waals surface area contributed by atoms with Gasteiger partial charge in [0, 0.05) is 42.8 Å². The molecule has 4 heterocycles. The van der Waals surface area contributed by atoms with Crippen molar-refractivity contribution >= 4 is 17.6 Å². The van der Waals surface area contributed by atoms with E-state index in [9.17, 15) is 10.1 Å². The van der Waals surface area contributed by atoms with E-state index in [2.05, 4.69) is 26.8 Å². The molecule has 2 N–H and O–H groups in total. The fourth-order valence-corrected chi connectivity index (χ4v) is 5.28. The number of hydrogen-bond donors (Lipinski definition) is 2. The minimum atomic E-state index is -0.825. The van der Waals surface area contributed by atoms with Crippen LogP contribution in [0.2, 0.25) is 0 Å². The number of rotatable bonds is 6. The Kier molecular flexibility index (Phi) is 4.93. The molecular weight excluding hydrogens is 458 g/mol. The maximum atomic E-state index is 15.1. The zero-order valence-corrected chi connectivity index (χ0v) is 18.4. The molecule has 1 amide bonds. The van der Waals surface area contributed by atoms with Gasteiger partial charge in [0.15, 0.2) is 5.82 Å². The number of ether oxygens (including phenoxy) is 1. The first-order chi connectivity index (χ1) is 17.0. The van der Waals surface area contributed by atoms with Crippen LogP contribution in [0.3, 0.4) is 0 Å². The second kappa shape index (κ2) is 8.02. The quantitative estimate of drug-likeness (QED) is 0.555. The number of pyridine rings is 1. The van der Waals surface area contributed by atoms with Gasteiger partial charge in [0.2, 0.25) is 0 Å². The molecule has 6 rings (SSSR count). The van der Waals surface area contributed by atoms with Crippen molar-refractivity contribution in [2.75, 3.05) is 36.4 Å². The van der Waals surface area contributed by atoms with Crippen LogP contribution in [0.25, 0.3) is 11.1 Å². The number of amides is 1. The summed E-state index contributed by atoms with van der Waals surface area (Å²) < 4.78 is 40.2. The maximum absolute atomic E-state index is 15.1. The summed E-state index contributed by atoms with van der Waals surface area (Å²) in [5, 5.41) is 19.7. The third-order valence-corrected chi connectivity index (χ3v) is 7.10. The van der Waals surface area contributed by atoms with E-state index in [1.807, 2.05) is 0 Å². The van der Waals surface area contributed by atoms with Gasteiger partial charge in [-0.05, 0) is 18.2 Å². The second-order valence-corrected chi connectivity index (χ2v) is 8.95. The van der Waals surface area contributed by atoms with Crippen molar-refractivity contribution in [3.63, 3.8) is 0 Å². The minimum Gasteiger partial charge on any atom is -0.442 e. The molecule has 0 spiro atoms. The molecule has 1 aromatic carbocycles. The van der Waals surface area contributed by atoms with Crippen molar-refractivity contribution in [3.05, 3.63) is 60.1 Å². The Morgan fingerprint density at radius 3 is 2.63 bits per heavy atom. The number of nitriles is 1. The molecule has 11 heteroatoms. The lowest BCUT2D eigenvalue weighted by atomic mass is 9.95. The van der Waals surface area contributed by atoms with Crippen LogP contribution in [0, 0.1) is 34.8 Å². The number of benzene rings is 1. The van der Waals surface area contributed by atoms with Gasteiger partial charge in [0.1, 0.15) is 29.4 Å². The Morgan fingerprint density at radius 2 is 2.00 bits per heavy atom. The SMILES string of the molecule is N#CC1(c2ccc(-c3c(F)cc(N4C[C@@H](CNc5ccon5)OC4=O)cc3F)cn2)C2CNCC21. The normalized spacial score (nSPS) is 26.8. The number of aromatic nitrogens is 2. The van der Waals surface area contributed by atoms with Crippen LogP contribution >= 0.6 is 0 Å². The van der Waals surface area contributed by atoms with Crippen LogP contribution in [0.15, 0.2) is 47.3 Å². The summed E-state index contributed by atoms with van der Waals surface area (Å²) in [5.41, 5.74) is 0.0750. The smallest absolute Gasteiger partial charge is 0.414 e. The van der Waals surface area contributed by atoms with Crippen molar-refractivity contribution in [2.45, 2.75) is 11.5 Å². The molecule has 3 fully saturated rings. The number of carbonyl (C=O) groups is 1. The predicted molar refractivity (Wildman–Crippen MR) is 119 cm³/mol. The molecule has 3 atom stereocenters. The van der Waals surface area contributed by atoms with E-state index < -0.39 is 29.2 Å². The van der Waals surface area contributed by atoms with Crippen molar-refractivity contribution in [3.8, 4) is 17.2 Å². The average Bonchev–Trinajstić information content (AvgIpc) is 3.38. The molecule has 2 aliphatic heterocycles. The first-order valence-corrected chi connectivity index (χ1v) is 11.2. The highest BCUT2D eigenvalue weighted by Crippen LogP contribution is 2.60. The Balaban J connectivity index is 1.20. The minimum absolute atomic E-state index is 0.0593. The first-order valence-electron chi connectivity index (χ1n) is 11.2. The molecular formula is C24H20F2N6O3. The lowest BCUT2D eigenvalue weighted by Crippen LogP contribution is -2.27. The van der Waals surface area contributed by atoms with Gasteiger partial charge in [0.25, 0.3) is 0 Å². The van der Waals surface area contributed by atoms with Crippen LogP contribution in [0.1, 0.15) is 5.69 Å². The lowest BCUT2D eigenvalue weighted by Gasteiger charge is -2.16. The highest BCUT2D eigenvalue weighted by Gasteiger charge is 2.69. The third kappa shape index (κ3) is 3.40. The van der Waals surface area contributed by atoms with Crippen LogP contribution in [-0.4, -0.2) is 48.5 Å². The number of cyclic esters (lactones) is 1. The summed E-state index contributed by atoms with van der Waals surface area (Å²) in [4.78, 5) is 17.9. The van der Waals surface area contributed by atoms with Crippen LogP contribution in [-0.2, 0) is 10.2 Å². The topological polar surface area (TPSA) is 116 Å². The number of halogens is 2. The molecule has 3 aromatic rings. The molecule has 0 radical (unpaired) electrons. The van der Waals surface area contributed by atoms with E-state index in [4.69, 9.17) is 9.26 Å². The van der Waals surface area contributed by atoms with E-state index in [1.165, 1.54) is 17.4 Å². The predicted octanol–water partition coefficient (Wildman–Crippen LogP) is 3.06. The Bertz CT molecular complexity index is 1290. The van der Waals surface area contributed by atoms with Gasteiger partial charge in [0.05, 0.1) is 36.1 Å². The second-order valence-electron chi connectivity index (χ2n) is 8.95. The van der Waals surface area contributed by atoms with Crippen LogP contribution in [0.5, 0.6) is 0 Å². The van der Waals surface area contributed by atoms with E-state index in [0.717, 1.165) is 25.2 Å². The van der Waals surface area contributed by atoms with Gasteiger partial charge in [-0.3, -0.25) is 9.88 Å². The molecule has 2 unspecified atom stereocenters. The molecule has 0 bridgehead atoms. The Labute approximate surface area is 198 Å². The summed E-state index contributed by atoms with van der Waals surface area (Å²) in [6.07, 6.45) is 1.57. The van der Waals surface area contributed by atoms with E-state index >= 15 is 8.78 Å². The molecule has 1 aliphatic carbocycles. The van der Waals surface area contributed by atoms with Gasteiger partial charge in [-0.15, -0.1) is 0 Å². The summed E-state index contributed by atoms with van der Waals surface area (Å²) in [5.74, 6) is -0.728. The summed E-state index contributed by atoms with van der Waals surface area (Å²) in [6, 6.07) is 9.49. The summed E-state index contributed by atoms with van der Waals surface area (Å²) in [6.45, 7) is 1.91. The first kappa shape index (κ1) is 21.5. The molecule has 178 valence electrons. The summed E-state index contributed by atoms with van der Waals surface area (Å²) >= 11 is 0. The molecule has 2 aromatic heterocycles. The molecule has 2 saturated heterocycles. The van der Waals surface area contributed by atoms with Gasteiger partial charge in [-0.2, -0.15) is 5.26 Å². The summed E-state index contributed by atoms with van der Waals surface area (Å²) in [7, 11) is 0. The fourth-order valence-electron chi connectivity index (χ4n) is 5.28. The van der Waals surface area contributed by atoms with Gasteiger partial charge < -0.3 is 19.9 Å². The van der Waals surface area contributed by atoms with Gasteiger partial charge in [-0.1, -0.05) is 11.2 Å². The number of nitrogens with one attached hydrogen (secondary N) is 2. The molecule has 3 aliphatic rings. The number of carbonyl (C=O) groups excluding carboxylic acids is 1. The standard InChI is InChI=1S/C24H20F2N6O3/c25-18-5-14(32-11-15(35-23(32)33)8-30-21-3-4-34-31-21)6-19(26)22(18)13-1-2-20(29-7-13)24(12-27)16-9-28-10-17(16)24/h1-7,15-17,28H,8-11H2,(H,30,31)/t15-,16?,17?,24?/m1/s1. The van der Waals surface area contributed by atoms with Gasteiger partial charge >= 0.3 is 6.09 Å². The highest BCUT2D eigenvalue weighted by atomic mass is 19.1. The van der Waals surface area contributed by atoms with Crippen LogP contribution in [0.4, 0.5) is 25.1 Å². The van der Waals surface area contributed by atoms with Crippen molar-refractivity contribution in [1.29, 1.82) is 5.26 Å². The van der Waals surface area contributed by atoms with E-state index in [-0.39, 0.29) is 41.7 Å². The Hall–Kier alpha value is -4.04. The van der Waals surface area contributed by atoms with Crippen molar-refractivity contribution in [1.82, 2.24) is 15.5 Å². The van der Waals surface area contributed by atoms with Crippen molar-refractivity contribution < 1.29 is 22.8 Å². The third-order valence-electron chi connectivity index (χ3n) is 7.10. The van der Waals surface area contributed by atoms with Crippen molar-refractivity contribution in [2.24, 2.45) is 11.8 Å². The number of nitrogens with zero attached hydrogens (tertiary/aromatic N) is 4. The van der Waals surface area contributed by atoms with Crippen LogP contribution < -0.4 is 15.5 Å². The zero-order valence-electron chi connectivity index (χ0n) is 18.4. The lowest BCUT2D eigenvalue weighted by molar-refractivity contribution is 0.147. The molecule has 9 nitrogen and oxygen atoms in total. The largest absolute Gasteiger partial charge is 0.442 e. The average molecular weight is 478 g/mol. The van der Waals surface area contributed by atoms with E-state index in [0.29, 0.717) is 11.5 Å². The zero-order chi connectivity index (χ0) is 24.2. The number of hydrogen-bond acceptors (Lipinski definition) is 8. The van der Waals surface area contributed by atoms with Gasteiger partial charge in [-0.25, -0.2) is 13.6 Å². The fraction of sp³-hybridized carbons (Fsp3) is 0.333. The van der Waals surface area contributed by atoms with E-state index in [1.54, 1.807) is 18.2 Å². The number of piperidine rings is 1. The monoisotopic (exact) mass is 478 g/mol.